The standard InChI is InChI=1S/C20H25F5O/c1-13-3-7-15(8-4-13)18(21)19(22)16-9-5-14(6-10-16)11-17(12-26-2)20(23,24)25/h5-6,9-10,13,15,17H,3-4,7-8,11-12H2,1-2H3/b19-18-. The lowest BCUT2D eigenvalue weighted by Gasteiger charge is -2.25. The predicted molar refractivity (Wildman–Crippen MR) is 91.8 cm³/mol. The monoisotopic (exact) mass is 376 g/mol. The molecule has 0 heterocycles. The first-order chi connectivity index (χ1) is 12.2. The minimum Gasteiger partial charge on any atom is -0.384 e. The first kappa shape index (κ1) is 20.9. The molecule has 1 aromatic rings. The topological polar surface area (TPSA) is 9.23 Å². The third-order valence-electron chi connectivity index (χ3n) is 5.10. The van der Waals surface area contributed by atoms with E-state index in [0.717, 1.165) is 12.8 Å². The van der Waals surface area contributed by atoms with Gasteiger partial charge >= 0.3 is 6.18 Å². The number of alkyl halides is 3. The fourth-order valence-corrected chi connectivity index (χ4v) is 3.37. The van der Waals surface area contributed by atoms with Gasteiger partial charge in [-0.15, -0.1) is 0 Å². The van der Waals surface area contributed by atoms with E-state index in [1.807, 2.05) is 0 Å². The Morgan fingerprint density at radius 2 is 1.65 bits per heavy atom. The van der Waals surface area contributed by atoms with Crippen LogP contribution < -0.4 is 0 Å². The molecule has 0 bridgehead atoms. The van der Waals surface area contributed by atoms with Crippen LogP contribution in [0.2, 0.25) is 0 Å². The maximum atomic E-state index is 14.4. The van der Waals surface area contributed by atoms with E-state index in [-0.39, 0.29) is 12.0 Å². The van der Waals surface area contributed by atoms with Crippen molar-refractivity contribution in [1.82, 2.24) is 0 Å². The molecule has 26 heavy (non-hydrogen) atoms. The zero-order valence-electron chi connectivity index (χ0n) is 15.1. The maximum absolute atomic E-state index is 14.4. The lowest BCUT2D eigenvalue weighted by molar-refractivity contribution is -0.185. The number of methoxy groups -OCH3 is 1. The number of hydrogen-bond donors (Lipinski definition) is 0. The van der Waals surface area contributed by atoms with E-state index in [2.05, 4.69) is 11.7 Å². The van der Waals surface area contributed by atoms with Crippen LogP contribution in [0.4, 0.5) is 22.0 Å². The first-order valence-corrected chi connectivity index (χ1v) is 8.92. The van der Waals surface area contributed by atoms with Crippen molar-refractivity contribution < 1.29 is 26.7 Å². The van der Waals surface area contributed by atoms with Gasteiger partial charge in [-0.25, -0.2) is 8.78 Å². The van der Waals surface area contributed by atoms with Crippen LogP contribution >= 0.6 is 0 Å². The molecule has 1 saturated carbocycles. The summed E-state index contributed by atoms with van der Waals surface area (Å²) in [7, 11) is 1.22. The highest BCUT2D eigenvalue weighted by molar-refractivity contribution is 5.61. The van der Waals surface area contributed by atoms with E-state index < -0.39 is 36.3 Å². The molecule has 1 aliphatic rings. The molecule has 0 aliphatic heterocycles. The van der Waals surface area contributed by atoms with E-state index in [9.17, 15) is 22.0 Å². The third kappa shape index (κ3) is 5.53. The van der Waals surface area contributed by atoms with Crippen LogP contribution in [0.5, 0.6) is 0 Å². The Labute approximate surface area is 151 Å². The van der Waals surface area contributed by atoms with Crippen LogP contribution in [-0.4, -0.2) is 19.9 Å². The quantitative estimate of drug-likeness (QED) is 0.516. The summed E-state index contributed by atoms with van der Waals surface area (Å²) in [5, 5.41) is 0. The summed E-state index contributed by atoms with van der Waals surface area (Å²) >= 11 is 0. The van der Waals surface area contributed by atoms with Crippen LogP contribution in [-0.2, 0) is 11.2 Å². The average molecular weight is 376 g/mol. The maximum Gasteiger partial charge on any atom is 0.394 e. The molecule has 1 unspecified atom stereocenters. The van der Waals surface area contributed by atoms with Gasteiger partial charge < -0.3 is 4.74 Å². The first-order valence-electron chi connectivity index (χ1n) is 8.92. The SMILES string of the molecule is COCC(Cc1ccc(/C(F)=C(/F)C2CCC(C)CC2)cc1)C(F)(F)F. The van der Waals surface area contributed by atoms with Crippen molar-refractivity contribution in [2.75, 3.05) is 13.7 Å². The lowest BCUT2D eigenvalue weighted by atomic mass is 9.82. The van der Waals surface area contributed by atoms with Gasteiger partial charge in [0.15, 0.2) is 5.83 Å². The molecule has 1 aliphatic carbocycles. The Bertz CT molecular complexity index is 598. The molecule has 0 radical (unpaired) electrons. The molecule has 1 aromatic carbocycles. The highest BCUT2D eigenvalue weighted by atomic mass is 19.4. The molecule has 6 heteroatoms. The molecule has 0 saturated heterocycles. The zero-order valence-corrected chi connectivity index (χ0v) is 15.1. The highest BCUT2D eigenvalue weighted by Crippen LogP contribution is 2.37. The number of allylic oxidation sites excluding steroid dienone is 1. The van der Waals surface area contributed by atoms with Crippen molar-refractivity contribution in [1.29, 1.82) is 0 Å². The van der Waals surface area contributed by atoms with Crippen LogP contribution in [0.25, 0.3) is 5.83 Å². The van der Waals surface area contributed by atoms with Gasteiger partial charge in [0.1, 0.15) is 5.83 Å². The second-order valence-electron chi connectivity index (χ2n) is 7.21. The fraction of sp³-hybridized carbons (Fsp3) is 0.600. The molecule has 0 aromatic heterocycles. The Balaban J connectivity index is 2.09. The smallest absolute Gasteiger partial charge is 0.384 e. The van der Waals surface area contributed by atoms with Gasteiger partial charge in [-0.2, -0.15) is 13.2 Å². The van der Waals surface area contributed by atoms with Gasteiger partial charge in [-0.05, 0) is 30.7 Å². The molecule has 0 spiro atoms. The van der Waals surface area contributed by atoms with Gasteiger partial charge in [0, 0.05) is 18.6 Å². The normalized spacial score (nSPS) is 23.5. The molecule has 1 fully saturated rings. The molecular formula is C20H25F5O. The number of hydrogen-bond acceptors (Lipinski definition) is 1. The van der Waals surface area contributed by atoms with E-state index >= 15 is 0 Å². The Hall–Kier alpha value is -1.43. The van der Waals surface area contributed by atoms with Gasteiger partial charge in [-0.3, -0.25) is 0 Å². The van der Waals surface area contributed by atoms with E-state index in [1.165, 1.54) is 31.4 Å². The lowest BCUT2D eigenvalue weighted by Crippen LogP contribution is -2.29. The molecule has 0 N–H and O–H groups in total. The molecule has 1 nitrogen and oxygen atoms in total. The van der Waals surface area contributed by atoms with Crippen molar-refractivity contribution in [3.05, 3.63) is 41.2 Å². The average Bonchev–Trinajstić information content (AvgIpc) is 2.60. The van der Waals surface area contributed by atoms with Gasteiger partial charge in [-0.1, -0.05) is 44.0 Å². The van der Waals surface area contributed by atoms with Gasteiger partial charge in [0.25, 0.3) is 0 Å². The second-order valence-corrected chi connectivity index (χ2v) is 7.21. The number of rotatable bonds is 6. The summed E-state index contributed by atoms with van der Waals surface area (Å²) in [5.74, 6) is -3.13. The van der Waals surface area contributed by atoms with Gasteiger partial charge in [0.05, 0.1) is 12.5 Å². The molecule has 0 amide bonds. The fourth-order valence-electron chi connectivity index (χ4n) is 3.37. The number of ether oxygens (including phenoxy) is 1. The summed E-state index contributed by atoms with van der Waals surface area (Å²) in [6, 6.07) is 5.52. The summed E-state index contributed by atoms with van der Waals surface area (Å²) in [6.07, 6.45) is -1.62. The summed E-state index contributed by atoms with van der Waals surface area (Å²) in [6.45, 7) is 1.67. The molecule has 1 atom stereocenters. The van der Waals surface area contributed by atoms with Crippen LogP contribution in [0.1, 0.15) is 43.7 Å². The zero-order chi connectivity index (χ0) is 19.3. The van der Waals surface area contributed by atoms with Crippen molar-refractivity contribution in [3.8, 4) is 0 Å². The number of benzene rings is 1. The summed E-state index contributed by atoms with van der Waals surface area (Å²) in [4.78, 5) is 0. The van der Waals surface area contributed by atoms with E-state index in [1.54, 1.807) is 0 Å². The largest absolute Gasteiger partial charge is 0.394 e. The van der Waals surface area contributed by atoms with Crippen molar-refractivity contribution in [2.24, 2.45) is 17.8 Å². The minimum absolute atomic E-state index is 0.0696. The Morgan fingerprint density at radius 1 is 1.08 bits per heavy atom. The highest BCUT2D eigenvalue weighted by Gasteiger charge is 2.39. The molecular weight excluding hydrogens is 351 g/mol. The third-order valence-corrected chi connectivity index (χ3v) is 5.10. The van der Waals surface area contributed by atoms with Crippen molar-refractivity contribution in [3.63, 3.8) is 0 Å². The Kier molecular flexibility index (Phi) is 7.21. The predicted octanol–water partition coefficient (Wildman–Crippen LogP) is 6.49. The van der Waals surface area contributed by atoms with Crippen molar-refractivity contribution >= 4 is 5.83 Å². The Morgan fingerprint density at radius 3 is 2.15 bits per heavy atom. The van der Waals surface area contributed by atoms with Crippen molar-refractivity contribution in [2.45, 2.75) is 45.2 Å². The second kappa shape index (κ2) is 8.98. The van der Waals surface area contributed by atoms with Crippen LogP contribution in [0, 0.1) is 17.8 Å². The number of halogens is 5. The minimum atomic E-state index is -4.37. The molecule has 146 valence electrons. The summed E-state index contributed by atoms with van der Waals surface area (Å²) < 4.78 is 72.3. The van der Waals surface area contributed by atoms with E-state index in [0.29, 0.717) is 24.3 Å². The van der Waals surface area contributed by atoms with Crippen LogP contribution in [0.15, 0.2) is 30.1 Å². The van der Waals surface area contributed by atoms with E-state index in [4.69, 9.17) is 0 Å². The van der Waals surface area contributed by atoms with Gasteiger partial charge in [0.2, 0.25) is 0 Å². The van der Waals surface area contributed by atoms with Crippen LogP contribution in [0.3, 0.4) is 0 Å². The summed E-state index contributed by atoms with van der Waals surface area (Å²) in [5.41, 5.74) is 0.480. The molecule has 2 rings (SSSR count).